The summed E-state index contributed by atoms with van der Waals surface area (Å²) >= 11 is 0. The Labute approximate surface area is 164 Å². The van der Waals surface area contributed by atoms with E-state index in [9.17, 15) is 0 Å². The van der Waals surface area contributed by atoms with E-state index in [2.05, 4.69) is 34.6 Å². The van der Waals surface area contributed by atoms with Crippen LogP contribution >= 0.6 is 24.0 Å². The van der Waals surface area contributed by atoms with Gasteiger partial charge in [0.15, 0.2) is 5.96 Å². The van der Waals surface area contributed by atoms with Gasteiger partial charge in [0, 0.05) is 12.0 Å². The zero-order valence-electron chi connectivity index (χ0n) is 14.2. The van der Waals surface area contributed by atoms with Crippen molar-refractivity contribution in [2.24, 2.45) is 16.6 Å². The van der Waals surface area contributed by atoms with Crippen LogP contribution in [0.2, 0.25) is 0 Å². The Kier molecular flexibility index (Phi) is 5.08. The number of ether oxygens (including phenoxy) is 2. The summed E-state index contributed by atoms with van der Waals surface area (Å²) in [5.74, 6) is 2.97. The van der Waals surface area contributed by atoms with Gasteiger partial charge < -0.3 is 20.5 Å². The van der Waals surface area contributed by atoms with Gasteiger partial charge in [-0.1, -0.05) is 24.3 Å². The minimum absolute atomic E-state index is 0. The lowest BCUT2D eigenvalue weighted by molar-refractivity contribution is 0.405. The SMILES string of the molecule is COc1ccc(OC)c(NC(N)=NC2C3Cc4ccccc4C32)c1.I. The molecule has 6 heteroatoms. The number of anilines is 1. The van der Waals surface area contributed by atoms with Crippen molar-refractivity contribution in [2.45, 2.75) is 18.4 Å². The minimum Gasteiger partial charge on any atom is -0.497 e. The van der Waals surface area contributed by atoms with Gasteiger partial charge in [-0.2, -0.15) is 0 Å². The fraction of sp³-hybridized carbons (Fsp3) is 0.316. The molecule has 2 aromatic rings. The molecule has 3 atom stereocenters. The molecule has 3 unspecified atom stereocenters. The van der Waals surface area contributed by atoms with Crippen LogP contribution in [-0.4, -0.2) is 26.2 Å². The fourth-order valence-electron chi connectivity index (χ4n) is 3.74. The average molecular weight is 451 g/mol. The van der Waals surface area contributed by atoms with Crippen molar-refractivity contribution in [3.05, 3.63) is 53.6 Å². The predicted octanol–water partition coefficient (Wildman–Crippen LogP) is 3.39. The number of nitrogens with two attached hydrogens (primary N) is 1. The molecule has 0 saturated heterocycles. The molecule has 0 spiro atoms. The van der Waals surface area contributed by atoms with Crippen LogP contribution in [0.5, 0.6) is 11.5 Å². The number of halogens is 1. The van der Waals surface area contributed by atoms with Gasteiger partial charge in [-0.3, -0.25) is 0 Å². The molecular weight excluding hydrogens is 429 g/mol. The molecule has 0 radical (unpaired) electrons. The van der Waals surface area contributed by atoms with Crippen LogP contribution in [0.3, 0.4) is 0 Å². The van der Waals surface area contributed by atoms with Gasteiger partial charge in [0.05, 0.1) is 25.9 Å². The van der Waals surface area contributed by atoms with Gasteiger partial charge in [-0.05, 0) is 35.6 Å². The third-order valence-corrected chi connectivity index (χ3v) is 4.95. The van der Waals surface area contributed by atoms with Gasteiger partial charge in [-0.15, -0.1) is 24.0 Å². The quantitative estimate of drug-likeness (QED) is 0.425. The smallest absolute Gasteiger partial charge is 0.193 e. The molecule has 0 aromatic heterocycles. The summed E-state index contributed by atoms with van der Waals surface area (Å²) in [6.45, 7) is 0. The van der Waals surface area contributed by atoms with Crippen LogP contribution in [0.1, 0.15) is 17.0 Å². The number of methoxy groups -OCH3 is 2. The number of nitrogens with zero attached hydrogens (tertiary/aromatic N) is 1. The lowest BCUT2D eigenvalue weighted by Crippen LogP contribution is -2.24. The van der Waals surface area contributed by atoms with E-state index in [0.717, 1.165) is 17.9 Å². The van der Waals surface area contributed by atoms with Crippen LogP contribution in [0.15, 0.2) is 47.5 Å². The summed E-state index contributed by atoms with van der Waals surface area (Å²) in [5.41, 5.74) is 9.77. The topological polar surface area (TPSA) is 68.9 Å². The number of aliphatic imine (C=N–C) groups is 1. The Hall–Kier alpha value is -1.96. The Bertz CT molecular complexity index is 809. The summed E-state index contributed by atoms with van der Waals surface area (Å²) in [5, 5.41) is 3.14. The molecule has 3 N–H and O–H groups in total. The van der Waals surface area contributed by atoms with Gasteiger partial charge in [0.25, 0.3) is 0 Å². The van der Waals surface area contributed by atoms with Crippen LogP contribution in [-0.2, 0) is 6.42 Å². The summed E-state index contributed by atoms with van der Waals surface area (Å²) in [7, 11) is 3.26. The van der Waals surface area contributed by atoms with E-state index >= 15 is 0 Å². The normalized spacial score (nSPS) is 23.1. The van der Waals surface area contributed by atoms with Crippen molar-refractivity contribution < 1.29 is 9.47 Å². The average Bonchev–Trinajstić information content (AvgIpc) is 3.11. The number of guanidine groups is 1. The molecule has 0 amide bonds. The van der Waals surface area contributed by atoms with Gasteiger partial charge >= 0.3 is 0 Å². The Morgan fingerprint density at radius 2 is 1.96 bits per heavy atom. The first-order chi connectivity index (χ1) is 11.7. The first-order valence-electron chi connectivity index (χ1n) is 8.11. The number of benzene rings is 2. The first kappa shape index (κ1) is 17.8. The largest absolute Gasteiger partial charge is 0.497 e. The van der Waals surface area contributed by atoms with E-state index in [0.29, 0.717) is 23.5 Å². The summed E-state index contributed by atoms with van der Waals surface area (Å²) < 4.78 is 10.6. The van der Waals surface area contributed by atoms with E-state index in [1.54, 1.807) is 14.2 Å². The zero-order chi connectivity index (χ0) is 16.7. The third-order valence-electron chi connectivity index (χ3n) is 4.95. The second-order valence-corrected chi connectivity index (χ2v) is 6.29. The molecule has 0 bridgehead atoms. The van der Waals surface area contributed by atoms with Gasteiger partial charge in [0.1, 0.15) is 11.5 Å². The minimum atomic E-state index is 0. The molecule has 0 heterocycles. The monoisotopic (exact) mass is 451 g/mol. The Morgan fingerprint density at radius 1 is 1.16 bits per heavy atom. The van der Waals surface area contributed by atoms with Crippen molar-refractivity contribution >= 4 is 35.6 Å². The fourth-order valence-corrected chi connectivity index (χ4v) is 3.74. The van der Waals surface area contributed by atoms with E-state index in [4.69, 9.17) is 15.2 Å². The Morgan fingerprint density at radius 3 is 2.72 bits per heavy atom. The van der Waals surface area contributed by atoms with Gasteiger partial charge in [0.2, 0.25) is 0 Å². The van der Waals surface area contributed by atoms with Crippen molar-refractivity contribution in [3.63, 3.8) is 0 Å². The summed E-state index contributed by atoms with van der Waals surface area (Å²) in [6.07, 6.45) is 1.10. The van der Waals surface area contributed by atoms with E-state index < -0.39 is 0 Å². The first-order valence-corrected chi connectivity index (χ1v) is 8.11. The molecule has 5 nitrogen and oxygen atoms in total. The molecule has 0 aliphatic heterocycles. The second kappa shape index (κ2) is 7.11. The second-order valence-electron chi connectivity index (χ2n) is 6.29. The van der Waals surface area contributed by atoms with E-state index in [1.165, 1.54) is 11.1 Å². The predicted molar refractivity (Wildman–Crippen MR) is 110 cm³/mol. The summed E-state index contributed by atoms with van der Waals surface area (Å²) in [4.78, 5) is 4.69. The van der Waals surface area contributed by atoms with Crippen molar-refractivity contribution in [1.29, 1.82) is 0 Å². The highest BCUT2D eigenvalue weighted by atomic mass is 127. The van der Waals surface area contributed by atoms with Crippen LogP contribution < -0.4 is 20.5 Å². The number of nitrogens with one attached hydrogen (secondary N) is 1. The summed E-state index contributed by atoms with van der Waals surface area (Å²) in [6, 6.07) is 14.5. The Balaban J connectivity index is 0.00000182. The molecule has 2 aliphatic rings. The highest BCUT2D eigenvalue weighted by molar-refractivity contribution is 14.0. The van der Waals surface area contributed by atoms with E-state index in [-0.39, 0.29) is 30.0 Å². The maximum Gasteiger partial charge on any atom is 0.193 e. The lowest BCUT2D eigenvalue weighted by Gasteiger charge is -2.12. The molecule has 132 valence electrons. The van der Waals surface area contributed by atoms with Crippen LogP contribution in [0.25, 0.3) is 0 Å². The molecule has 25 heavy (non-hydrogen) atoms. The molecule has 1 saturated carbocycles. The zero-order valence-corrected chi connectivity index (χ0v) is 16.6. The maximum absolute atomic E-state index is 6.13. The lowest BCUT2D eigenvalue weighted by atomic mass is 10.1. The molecule has 4 rings (SSSR count). The van der Waals surface area contributed by atoms with Crippen LogP contribution in [0, 0.1) is 5.92 Å². The number of hydrogen-bond acceptors (Lipinski definition) is 3. The molecular formula is C19H22IN3O2. The van der Waals surface area contributed by atoms with Gasteiger partial charge in [-0.25, -0.2) is 4.99 Å². The highest BCUT2D eigenvalue weighted by Gasteiger charge is 2.55. The van der Waals surface area contributed by atoms with Crippen LogP contribution in [0.4, 0.5) is 5.69 Å². The molecule has 2 aromatic carbocycles. The number of fused-ring (bicyclic) bond motifs is 3. The highest BCUT2D eigenvalue weighted by Crippen LogP contribution is 2.58. The van der Waals surface area contributed by atoms with Crippen molar-refractivity contribution in [3.8, 4) is 11.5 Å². The standard InChI is InChI=1S/C19H21N3O2.HI/c1-23-12-7-8-16(24-2)15(10-12)21-19(20)22-18-14-9-11-5-3-4-6-13(11)17(14)18;/h3-8,10,14,17-18H,9H2,1-2H3,(H3,20,21,22);1H. The van der Waals surface area contributed by atoms with Crippen molar-refractivity contribution in [1.82, 2.24) is 0 Å². The third kappa shape index (κ3) is 3.27. The molecule has 2 aliphatic carbocycles. The number of rotatable bonds is 4. The molecule has 1 fully saturated rings. The maximum atomic E-state index is 6.13. The van der Waals surface area contributed by atoms with E-state index in [1.807, 2.05) is 18.2 Å². The number of hydrogen-bond donors (Lipinski definition) is 2. The van der Waals surface area contributed by atoms with Crippen molar-refractivity contribution in [2.75, 3.05) is 19.5 Å².